The van der Waals surface area contributed by atoms with E-state index < -0.39 is 0 Å². The second kappa shape index (κ2) is 8.37. The molecule has 3 aliphatic carbocycles. The molecule has 2 bridgehead atoms. The first-order chi connectivity index (χ1) is 9.88. The minimum atomic E-state index is 0.991. The number of rotatable bonds is 1. The molecule has 0 nitrogen and oxygen atoms in total. The summed E-state index contributed by atoms with van der Waals surface area (Å²) in [5, 5.41) is 0. The summed E-state index contributed by atoms with van der Waals surface area (Å²) in [6, 6.07) is 10.0. The summed E-state index contributed by atoms with van der Waals surface area (Å²) in [5.74, 6) is 1.98. The number of hydrogen-bond donors (Lipinski definition) is 0. The van der Waals surface area contributed by atoms with Crippen molar-refractivity contribution in [1.29, 1.82) is 0 Å². The van der Waals surface area contributed by atoms with Crippen molar-refractivity contribution in [2.75, 3.05) is 0 Å². The van der Waals surface area contributed by atoms with Gasteiger partial charge in [-0.05, 0) is 43.1 Å². The maximum Gasteiger partial charge on any atom is -0.0163 e. The minimum Gasteiger partial charge on any atom is -0.0985 e. The molecule has 104 valence electrons. The van der Waals surface area contributed by atoms with Crippen LogP contribution in [0.3, 0.4) is 0 Å². The van der Waals surface area contributed by atoms with E-state index in [1.807, 2.05) is 36.4 Å². The van der Waals surface area contributed by atoms with Gasteiger partial charge in [-0.3, -0.25) is 0 Å². The van der Waals surface area contributed by atoms with Crippen LogP contribution in [0.5, 0.6) is 0 Å². The summed E-state index contributed by atoms with van der Waals surface area (Å²) in [6.45, 7) is 3.63. The highest BCUT2D eigenvalue weighted by Gasteiger charge is 2.25. The first-order valence-electron chi connectivity index (χ1n) is 7.56. The monoisotopic (exact) mass is 264 g/mol. The molecule has 0 heterocycles. The summed E-state index contributed by atoms with van der Waals surface area (Å²) in [7, 11) is 0. The second-order valence-electron chi connectivity index (χ2n) is 5.42. The van der Waals surface area contributed by atoms with Crippen LogP contribution in [-0.4, -0.2) is 0 Å². The summed E-state index contributed by atoms with van der Waals surface area (Å²) in [6.07, 6.45) is 20.5. The van der Waals surface area contributed by atoms with Crippen molar-refractivity contribution in [2.45, 2.75) is 25.7 Å². The van der Waals surface area contributed by atoms with Gasteiger partial charge in [0.15, 0.2) is 0 Å². The van der Waals surface area contributed by atoms with E-state index in [1.165, 1.54) is 24.8 Å². The van der Waals surface area contributed by atoms with E-state index in [1.54, 1.807) is 0 Å². The fourth-order valence-corrected chi connectivity index (χ4v) is 2.70. The Kier molecular flexibility index (Phi) is 6.10. The predicted octanol–water partition coefficient (Wildman–Crippen LogP) is 5.80. The van der Waals surface area contributed by atoms with E-state index in [2.05, 4.69) is 43.0 Å². The van der Waals surface area contributed by atoms with Crippen LogP contribution in [0.1, 0.15) is 31.2 Å². The Balaban J connectivity index is 0.000000113. The lowest BCUT2D eigenvalue weighted by Crippen LogP contribution is -1.82. The summed E-state index contributed by atoms with van der Waals surface area (Å²) in [4.78, 5) is 0. The lowest BCUT2D eigenvalue weighted by atomic mass is 10.1. The lowest BCUT2D eigenvalue weighted by Gasteiger charge is -1.96. The number of fused-ring (bicyclic) bond motifs is 2. The maximum absolute atomic E-state index is 3.63. The molecule has 1 aromatic rings. The zero-order valence-corrected chi connectivity index (χ0v) is 12.1. The first-order valence-corrected chi connectivity index (χ1v) is 7.56. The third-order valence-corrected chi connectivity index (χ3v) is 3.86. The molecule has 0 aromatic heterocycles. The topological polar surface area (TPSA) is 0 Å². The van der Waals surface area contributed by atoms with Crippen molar-refractivity contribution < 1.29 is 0 Å². The van der Waals surface area contributed by atoms with Gasteiger partial charge in [0.05, 0.1) is 0 Å². The van der Waals surface area contributed by atoms with E-state index in [-0.39, 0.29) is 0 Å². The van der Waals surface area contributed by atoms with Gasteiger partial charge in [0, 0.05) is 0 Å². The zero-order valence-electron chi connectivity index (χ0n) is 12.1. The Morgan fingerprint density at radius 2 is 1.50 bits per heavy atom. The third-order valence-electron chi connectivity index (χ3n) is 3.86. The Labute approximate surface area is 123 Å². The third kappa shape index (κ3) is 5.05. The average Bonchev–Trinajstić information content (AvgIpc) is 3.28. The van der Waals surface area contributed by atoms with E-state index in [0.29, 0.717) is 0 Å². The van der Waals surface area contributed by atoms with Crippen molar-refractivity contribution in [3.63, 3.8) is 0 Å². The van der Waals surface area contributed by atoms with E-state index >= 15 is 0 Å². The van der Waals surface area contributed by atoms with Crippen LogP contribution in [0.2, 0.25) is 0 Å². The standard InChI is InChI=1S/C8H8.C7H10.C5H6/c1-2-8-6-4-3-5-7-8;1-2-7-4-3-6(1)5-7;1-2-4-5-3-1/h2-7H,1H2;1-2,6-7H,3-5H2;1-4H,5H2. The first kappa shape index (κ1) is 14.6. The van der Waals surface area contributed by atoms with E-state index in [4.69, 9.17) is 0 Å². The Bertz CT molecular complexity index is 454. The second-order valence-corrected chi connectivity index (χ2v) is 5.42. The molecule has 0 amide bonds. The largest absolute Gasteiger partial charge is 0.0985 e. The molecule has 4 rings (SSSR count). The normalized spacial score (nSPS) is 23.8. The molecule has 0 aliphatic heterocycles. The molecule has 0 spiro atoms. The number of allylic oxidation sites excluding steroid dienone is 6. The zero-order chi connectivity index (χ0) is 14.0. The van der Waals surface area contributed by atoms with Crippen LogP contribution in [0, 0.1) is 11.8 Å². The minimum absolute atomic E-state index is 0.991. The molecule has 1 aromatic carbocycles. The summed E-state index contributed by atoms with van der Waals surface area (Å²) in [5.41, 5.74) is 1.17. The maximum atomic E-state index is 3.63. The van der Waals surface area contributed by atoms with Crippen molar-refractivity contribution >= 4 is 6.08 Å². The fraction of sp³-hybridized carbons (Fsp3) is 0.300. The molecule has 20 heavy (non-hydrogen) atoms. The molecular formula is C20H24. The molecule has 0 radical (unpaired) electrons. The molecule has 0 heteroatoms. The smallest absolute Gasteiger partial charge is 0.0163 e. The SMILES string of the molecule is C1=CC2CCC1C2.C1=CCC=C1.C=Cc1ccccc1. The predicted molar refractivity (Wildman–Crippen MR) is 89.4 cm³/mol. The van der Waals surface area contributed by atoms with Gasteiger partial charge in [0.25, 0.3) is 0 Å². The van der Waals surface area contributed by atoms with Gasteiger partial charge in [-0.25, -0.2) is 0 Å². The van der Waals surface area contributed by atoms with Crippen molar-refractivity contribution in [3.05, 3.63) is 78.9 Å². The van der Waals surface area contributed by atoms with E-state index in [0.717, 1.165) is 18.3 Å². The highest BCUT2D eigenvalue weighted by molar-refractivity contribution is 5.45. The van der Waals surface area contributed by atoms with Gasteiger partial charge in [0.1, 0.15) is 0 Å². The highest BCUT2D eigenvalue weighted by Crippen LogP contribution is 2.38. The quantitative estimate of drug-likeness (QED) is 0.562. The van der Waals surface area contributed by atoms with Gasteiger partial charge in [-0.2, -0.15) is 0 Å². The Hall–Kier alpha value is -1.82. The van der Waals surface area contributed by atoms with Gasteiger partial charge in [-0.1, -0.05) is 79.4 Å². The summed E-state index contributed by atoms with van der Waals surface area (Å²) >= 11 is 0. The summed E-state index contributed by atoms with van der Waals surface area (Å²) < 4.78 is 0. The molecule has 3 aliphatic rings. The van der Waals surface area contributed by atoms with Gasteiger partial charge >= 0.3 is 0 Å². The van der Waals surface area contributed by atoms with E-state index in [9.17, 15) is 0 Å². The fourth-order valence-electron chi connectivity index (χ4n) is 2.70. The van der Waals surface area contributed by atoms with Crippen LogP contribution >= 0.6 is 0 Å². The highest BCUT2D eigenvalue weighted by atomic mass is 14.3. The van der Waals surface area contributed by atoms with Crippen LogP contribution in [0.4, 0.5) is 0 Å². The van der Waals surface area contributed by atoms with Crippen molar-refractivity contribution in [2.24, 2.45) is 11.8 Å². The van der Waals surface area contributed by atoms with Crippen molar-refractivity contribution in [3.8, 4) is 0 Å². The van der Waals surface area contributed by atoms with Crippen molar-refractivity contribution in [1.82, 2.24) is 0 Å². The molecule has 2 unspecified atom stereocenters. The number of hydrogen-bond acceptors (Lipinski definition) is 0. The average molecular weight is 264 g/mol. The molecular weight excluding hydrogens is 240 g/mol. The number of benzene rings is 1. The van der Waals surface area contributed by atoms with Gasteiger partial charge in [-0.15, -0.1) is 0 Å². The molecule has 2 atom stereocenters. The van der Waals surface area contributed by atoms with Crippen LogP contribution in [-0.2, 0) is 0 Å². The Morgan fingerprint density at radius 3 is 1.75 bits per heavy atom. The molecule has 0 saturated heterocycles. The molecule has 0 N–H and O–H groups in total. The molecule has 1 saturated carbocycles. The van der Waals surface area contributed by atoms with Crippen LogP contribution < -0.4 is 0 Å². The van der Waals surface area contributed by atoms with Crippen LogP contribution in [0.15, 0.2) is 73.4 Å². The molecule has 1 fully saturated rings. The van der Waals surface area contributed by atoms with Gasteiger partial charge in [0.2, 0.25) is 0 Å². The van der Waals surface area contributed by atoms with Crippen LogP contribution in [0.25, 0.3) is 6.08 Å². The van der Waals surface area contributed by atoms with Gasteiger partial charge < -0.3 is 0 Å². The Morgan fingerprint density at radius 1 is 0.900 bits per heavy atom. The lowest BCUT2D eigenvalue weighted by molar-refractivity contribution is 0.691.